The first-order valence-electron chi connectivity index (χ1n) is 14.4. The zero-order valence-electron chi connectivity index (χ0n) is 23.0. The lowest BCUT2D eigenvalue weighted by atomic mass is 9.64. The molecule has 0 bridgehead atoms. The summed E-state index contributed by atoms with van der Waals surface area (Å²) in [5.41, 5.74) is 2.03. The van der Waals surface area contributed by atoms with Crippen molar-refractivity contribution in [3.63, 3.8) is 0 Å². The molecule has 2 fully saturated rings. The first kappa shape index (κ1) is 27.3. The summed E-state index contributed by atoms with van der Waals surface area (Å²) >= 11 is 0. The molecular formula is C34H35NO5S. The number of hydrogen-bond acceptors (Lipinski definition) is 5. The van der Waals surface area contributed by atoms with E-state index in [2.05, 4.69) is 29.0 Å². The first-order chi connectivity index (χ1) is 19.8. The van der Waals surface area contributed by atoms with Crippen molar-refractivity contribution in [3.8, 4) is 5.75 Å². The molecule has 7 heteroatoms. The molecule has 2 aliphatic rings. The van der Waals surface area contributed by atoms with E-state index in [-0.39, 0.29) is 33.5 Å². The smallest absolute Gasteiger partial charge is 0.343 e. The summed E-state index contributed by atoms with van der Waals surface area (Å²) in [5, 5.41) is 11.3. The average molecular weight is 570 g/mol. The van der Waals surface area contributed by atoms with Crippen molar-refractivity contribution in [2.24, 2.45) is 5.92 Å². The topological polar surface area (TPSA) is 96.6 Å². The van der Waals surface area contributed by atoms with Gasteiger partial charge in [-0.25, -0.2) is 13.2 Å². The van der Waals surface area contributed by atoms with Crippen molar-refractivity contribution in [1.29, 1.82) is 0 Å². The van der Waals surface area contributed by atoms with Gasteiger partial charge in [0.25, 0.3) is 10.0 Å². The molecule has 0 aliphatic heterocycles. The lowest BCUT2D eigenvalue weighted by Crippen LogP contribution is -2.35. The molecule has 6 nitrogen and oxygen atoms in total. The number of aromatic hydroxyl groups is 1. The van der Waals surface area contributed by atoms with E-state index in [1.807, 2.05) is 12.1 Å². The maximum absolute atomic E-state index is 13.6. The standard InChI is InChI=1S/C34H35NO5S/c36-29-23-30(34(20-9-21-34)19-8-12-24-10-3-1-4-11-24)40-33(37)32(29)31(25-17-18-25)26-13-7-14-27(22-26)35-41(38,39)28-15-5-2-6-16-28/h1-7,10-11,13-16,22-23,25,31,35-36H,8-9,12,17-21H2. The van der Waals surface area contributed by atoms with Crippen LogP contribution in [0, 0.1) is 5.92 Å². The van der Waals surface area contributed by atoms with E-state index in [1.165, 1.54) is 5.56 Å². The normalized spacial score (nSPS) is 17.0. The van der Waals surface area contributed by atoms with Crippen LogP contribution in [-0.2, 0) is 21.9 Å². The summed E-state index contributed by atoms with van der Waals surface area (Å²) in [7, 11) is -3.77. The molecule has 1 heterocycles. The lowest BCUT2D eigenvalue weighted by Gasteiger charge is -2.41. The van der Waals surface area contributed by atoms with E-state index in [0.717, 1.165) is 56.9 Å². The molecule has 0 radical (unpaired) electrons. The van der Waals surface area contributed by atoms with Gasteiger partial charge in [0.05, 0.1) is 10.5 Å². The van der Waals surface area contributed by atoms with Gasteiger partial charge in [-0.2, -0.15) is 0 Å². The van der Waals surface area contributed by atoms with E-state index < -0.39 is 15.6 Å². The fourth-order valence-corrected chi connectivity index (χ4v) is 7.32. The summed E-state index contributed by atoms with van der Waals surface area (Å²) in [5.74, 6) is 0.357. The van der Waals surface area contributed by atoms with Gasteiger partial charge in [-0.15, -0.1) is 0 Å². The summed E-state index contributed by atoms with van der Waals surface area (Å²) in [6, 6.07) is 27.4. The van der Waals surface area contributed by atoms with Gasteiger partial charge in [-0.3, -0.25) is 4.72 Å². The van der Waals surface area contributed by atoms with Crippen LogP contribution in [0.2, 0.25) is 0 Å². The molecule has 2 N–H and O–H groups in total. The van der Waals surface area contributed by atoms with Crippen LogP contribution in [0.1, 0.15) is 73.3 Å². The molecule has 2 aliphatic carbocycles. The van der Waals surface area contributed by atoms with Crippen LogP contribution < -0.4 is 10.3 Å². The highest BCUT2D eigenvalue weighted by molar-refractivity contribution is 7.92. The Kier molecular flexibility index (Phi) is 7.47. The summed E-state index contributed by atoms with van der Waals surface area (Å²) in [6.07, 6.45) is 7.66. The predicted molar refractivity (Wildman–Crippen MR) is 160 cm³/mol. The minimum Gasteiger partial charge on any atom is -0.507 e. The Morgan fingerprint density at radius 1 is 0.927 bits per heavy atom. The first-order valence-corrected chi connectivity index (χ1v) is 15.9. The van der Waals surface area contributed by atoms with Gasteiger partial charge < -0.3 is 9.52 Å². The minimum atomic E-state index is -3.77. The molecule has 1 aromatic heterocycles. The van der Waals surface area contributed by atoms with Gasteiger partial charge in [-0.1, -0.05) is 67.1 Å². The van der Waals surface area contributed by atoms with Crippen molar-refractivity contribution in [1.82, 2.24) is 0 Å². The Labute approximate surface area is 241 Å². The molecule has 1 atom stereocenters. The fourth-order valence-electron chi connectivity index (χ4n) is 6.25. The molecule has 2 saturated carbocycles. The number of anilines is 1. The van der Waals surface area contributed by atoms with E-state index in [0.29, 0.717) is 11.4 Å². The highest BCUT2D eigenvalue weighted by Crippen LogP contribution is 2.51. The Bertz CT molecular complexity index is 1670. The molecule has 1 unspecified atom stereocenters. The van der Waals surface area contributed by atoms with Crippen molar-refractivity contribution in [3.05, 3.63) is 124 Å². The zero-order valence-corrected chi connectivity index (χ0v) is 23.8. The number of sulfonamides is 1. The number of aryl methyl sites for hydroxylation is 1. The largest absolute Gasteiger partial charge is 0.507 e. The Morgan fingerprint density at radius 3 is 2.27 bits per heavy atom. The highest BCUT2D eigenvalue weighted by Gasteiger charge is 2.43. The van der Waals surface area contributed by atoms with Crippen molar-refractivity contribution >= 4 is 15.7 Å². The Balaban J connectivity index is 1.26. The molecular weight excluding hydrogens is 534 g/mol. The summed E-state index contributed by atoms with van der Waals surface area (Å²) in [6.45, 7) is 0. The third-order valence-corrected chi connectivity index (χ3v) is 10.1. The molecule has 3 aromatic carbocycles. The van der Waals surface area contributed by atoms with Gasteiger partial charge >= 0.3 is 5.63 Å². The maximum Gasteiger partial charge on any atom is 0.343 e. The van der Waals surface area contributed by atoms with E-state index >= 15 is 0 Å². The minimum absolute atomic E-state index is 0.0299. The molecule has 0 spiro atoms. The number of benzene rings is 3. The molecule has 0 saturated heterocycles. The molecule has 41 heavy (non-hydrogen) atoms. The molecule has 4 aromatic rings. The molecule has 212 valence electrons. The Morgan fingerprint density at radius 2 is 1.63 bits per heavy atom. The van der Waals surface area contributed by atoms with Gasteiger partial charge in [0.15, 0.2) is 0 Å². The fraction of sp³-hybridized carbons (Fsp3) is 0.324. The van der Waals surface area contributed by atoms with Crippen LogP contribution in [-0.4, -0.2) is 13.5 Å². The van der Waals surface area contributed by atoms with Crippen molar-refractivity contribution in [2.75, 3.05) is 4.72 Å². The van der Waals surface area contributed by atoms with Crippen LogP contribution in [0.15, 0.2) is 105 Å². The lowest BCUT2D eigenvalue weighted by molar-refractivity contribution is 0.172. The Hall–Kier alpha value is -3.84. The number of nitrogens with one attached hydrogen (secondary N) is 1. The van der Waals surface area contributed by atoms with Crippen molar-refractivity contribution < 1.29 is 17.9 Å². The van der Waals surface area contributed by atoms with E-state index in [1.54, 1.807) is 54.6 Å². The van der Waals surface area contributed by atoms with Gasteiger partial charge in [0, 0.05) is 23.1 Å². The quantitative estimate of drug-likeness (QED) is 0.200. The van der Waals surface area contributed by atoms with Crippen LogP contribution in [0.5, 0.6) is 5.75 Å². The van der Waals surface area contributed by atoms with Crippen molar-refractivity contribution in [2.45, 2.75) is 67.6 Å². The zero-order chi connectivity index (χ0) is 28.5. The third kappa shape index (κ3) is 5.82. The number of rotatable bonds is 11. The van der Waals surface area contributed by atoms with Gasteiger partial charge in [0.2, 0.25) is 0 Å². The molecule has 6 rings (SSSR count). The number of hydrogen-bond donors (Lipinski definition) is 2. The summed E-state index contributed by atoms with van der Waals surface area (Å²) < 4.78 is 34.5. The second kappa shape index (κ2) is 11.2. The van der Waals surface area contributed by atoms with E-state index in [4.69, 9.17) is 4.42 Å². The maximum atomic E-state index is 13.6. The second-order valence-electron chi connectivity index (χ2n) is 11.5. The second-order valence-corrected chi connectivity index (χ2v) is 13.2. The summed E-state index contributed by atoms with van der Waals surface area (Å²) in [4.78, 5) is 13.7. The highest BCUT2D eigenvalue weighted by atomic mass is 32.2. The van der Waals surface area contributed by atoms with Crippen LogP contribution in [0.3, 0.4) is 0 Å². The van der Waals surface area contributed by atoms with Crippen LogP contribution in [0.25, 0.3) is 0 Å². The third-order valence-electron chi connectivity index (χ3n) is 8.72. The predicted octanol–water partition coefficient (Wildman–Crippen LogP) is 7.13. The van der Waals surface area contributed by atoms with Gasteiger partial charge in [-0.05, 0) is 86.3 Å². The van der Waals surface area contributed by atoms with Gasteiger partial charge in [0.1, 0.15) is 11.5 Å². The molecule has 0 amide bonds. The SMILES string of the molecule is O=c1oc(C2(CCCc3ccccc3)CCC2)cc(O)c1C(c1cccc(NS(=O)(=O)c2ccccc2)c1)C1CC1. The van der Waals surface area contributed by atoms with E-state index in [9.17, 15) is 18.3 Å². The van der Waals surface area contributed by atoms with Crippen LogP contribution >= 0.6 is 0 Å². The monoisotopic (exact) mass is 569 g/mol. The van der Waals surface area contributed by atoms with Crippen LogP contribution in [0.4, 0.5) is 5.69 Å². The average Bonchev–Trinajstić information content (AvgIpc) is 3.78.